The van der Waals surface area contributed by atoms with E-state index in [0.29, 0.717) is 0 Å². The summed E-state index contributed by atoms with van der Waals surface area (Å²) >= 11 is 0. The molecule has 1 unspecified atom stereocenters. The van der Waals surface area contributed by atoms with E-state index in [9.17, 15) is 0 Å². The summed E-state index contributed by atoms with van der Waals surface area (Å²) in [7, 11) is 0. The maximum atomic E-state index is 5.73. The molecule has 0 aliphatic carbocycles. The molecule has 1 aromatic heterocycles. The molecule has 0 saturated carbocycles. The van der Waals surface area contributed by atoms with Crippen molar-refractivity contribution in [1.29, 1.82) is 0 Å². The van der Waals surface area contributed by atoms with Gasteiger partial charge in [-0.15, -0.1) is 0 Å². The zero-order valence-electron chi connectivity index (χ0n) is 11.4. The first kappa shape index (κ1) is 12.9. The van der Waals surface area contributed by atoms with Crippen molar-refractivity contribution >= 4 is 0 Å². The molecule has 0 aliphatic rings. The molecule has 1 aromatic carbocycles. The molecule has 2 heteroatoms. The van der Waals surface area contributed by atoms with Crippen LogP contribution in [0, 0.1) is 13.8 Å². The summed E-state index contributed by atoms with van der Waals surface area (Å²) in [5, 5.41) is 3.48. The zero-order valence-corrected chi connectivity index (χ0v) is 11.4. The van der Waals surface area contributed by atoms with Crippen molar-refractivity contribution in [2.24, 2.45) is 0 Å². The van der Waals surface area contributed by atoms with E-state index in [2.05, 4.69) is 49.5 Å². The van der Waals surface area contributed by atoms with Gasteiger partial charge < -0.3 is 9.73 Å². The highest BCUT2D eigenvalue weighted by Gasteiger charge is 2.14. The van der Waals surface area contributed by atoms with Gasteiger partial charge >= 0.3 is 0 Å². The normalized spacial score (nSPS) is 12.6. The molecule has 0 fully saturated rings. The summed E-state index contributed by atoms with van der Waals surface area (Å²) in [6, 6.07) is 13.0. The summed E-state index contributed by atoms with van der Waals surface area (Å²) in [5.74, 6) is 1.99. The van der Waals surface area contributed by atoms with E-state index in [1.54, 1.807) is 0 Å². The minimum absolute atomic E-state index is 0.256. The van der Waals surface area contributed by atoms with Crippen molar-refractivity contribution in [2.75, 3.05) is 6.54 Å². The van der Waals surface area contributed by atoms with Crippen LogP contribution in [0.3, 0.4) is 0 Å². The van der Waals surface area contributed by atoms with E-state index >= 15 is 0 Å². The summed E-state index contributed by atoms with van der Waals surface area (Å²) in [5.41, 5.74) is 2.63. The van der Waals surface area contributed by atoms with Crippen LogP contribution in [0.2, 0.25) is 0 Å². The van der Waals surface area contributed by atoms with Crippen molar-refractivity contribution in [3.63, 3.8) is 0 Å². The Bertz CT molecular complexity index is 484. The lowest BCUT2D eigenvalue weighted by Crippen LogP contribution is -2.22. The fourth-order valence-corrected chi connectivity index (χ4v) is 2.12. The van der Waals surface area contributed by atoms with Crippen LogP contribution >= 0.6 is 0 Å². The molecule has 18 heavy (non-hydrogen) atoms. The molecule has 1 heterocycles. The molecule has 2 rings (SSSR count). The summed E-state index contributed by atoms with van der Waals surface area (Å²) in [6.45, 7) is 7.16. The smallest absolute Gasteiger partial charge is 0.121 e. The Kier molecular flexibility index (Phi) is 4.21. The first-order valence-electron chi connectivity index (χ1n) is 6.54. The molecule has 0 spiro atoms. The van der Waals surface area contributed by atoms with Crippen molar-refractivity contribution < 1.29 is 4.42 Å². The van der Waals surface area contributed by atoms with Gasteiger partial charge in [-0.3, -0.25) is 0 Å². The third kappa shape index (κ3) is 3.23. The second kappa shape index (κ2) is 5.87. The van der Waals surface area contributed by atoms with Crippen molar-refractivity contribution in [3.05, 3.63) is 59.0 Å². The second-order valence-electron chi connectivity index (χ2n) is 4.75. The third-order valence-electron chi connectivity index (χ3n) is 3.12. The van der Waals surface area contributed by atoms with Gasteiger partial charge in [-0.2, -0.15) is 0 Å². The highest BCUT2D eigenvalue weighted by atomic mass is 16.3. The Morgan fingerprint density at radius 3 is 2.33 bits per heavy atom. The maximum absolute atomic E-state index is 5.73. The van der Waals surface area contributed by atoms with Gasteiger partial charge in [0.2, 0.25) is 0 Å². The molecule has 0 bridgehead atoms. The molecule has 1 N–H and O–H groups in total. The lowest BCUT2D eigenvalue weighted by molar-refractivity contribution is 0.403. The van der Waals surface area contributed by atoms with E-state index in [1.165, 1.54) is 11.1 Å². The van der Waals surface area contributed by atoms with Crippen LogP contribution < -0.4 is 5.32 Å². The van der Waals surface area contributed by atoms with Gasteiger partial charge in [0.25, 0.3) is 0 Å². The number of benzene rings is 1. The maximum Gasteiger partial charge on any atom is 0.121 e. The molecule has 2 aromatic rings. The minimum atomic E-state index is 0.256. The Hall–Kier alpha value is -1.54. The SMILES string of the molecule is CCNC(Cc1ccc(C)cc1)c1ccc(C)o1. The first-order valence-corrected chi connectivity index (χ1v) is 6.54. The number of rotatable bonds is 5. The highest BCUT2D eigenvalue weighted by molar-refractivity contribution is 5.23. The van der Waals surface area contributed by atoms with Crippen molar-refractivity contribution in [2.45, 2.75) is 33.2 Å². The largest absolute Gasteiger partial charge is 0.465 e. The van der Waals surface area contributed by atoms with E-state index in [0.717, 1.165) is 24.5 Å². The van der Waals surface area contributed by atoms with Crippen LogP contribution in [0.4, 0.5) is 0 Å². The van der Waals surface area contributed by atoms with Crippen LogP contribution in [0.5, 0.6) is 0 Å². The highest BCUT2D eigenvalue weighted by Crippen LogP contribution is 2.21. The average molecular weight is 243 g/mol. The lowest BCUT2D eigenvalue weighted by Gasteiger charge is -2.15. The number of hydrogen-bond acceptors (Lipinski definition) is 2. The van der Waals surface area contributed by atoms with Gasteiger partial charge in [0, 0.05) is 0 Å². The molecular formula is C16H21NO. The monoisotopic (exact) mass is 243 g/mol. The molecule has 0 amide bonds. The standard InChI is InChI=1S/C16H21NO/c1-4-17-15(16-10-7-13(3)18-16)11-14-8-5-12(2)6-9-14/h5-10,15,17H,4,11H2,1-3H3. The number of furan rings is 1. The predicted molar refractivity (Wildman–Crippen MR) is 74.7 cm³/mol. The van der Waals surface area contributed by atoms with E-state index < -0.39 is 0 Å². The van der Waals surface area contributed by atoms with Crippen LogP contribution in [-0.4, -0.2) is 6.54 Å². The molecule has 2 nitrogen and oxygen atoms in total. The Labute approximate surface area is 109 Å². The third-order valence-corrected chi connectivity index (χ3v) is 3.12. The van der Waals surface area contributed by atoms with Gasteiger partial charge in [0.05, 0.1) is 6.04 Å². The number of aryl methyl sites for hydroxylation is 2. The van der Waals surface area contributed by atoms with Gasteiger partial charge in [-0.05, 0) is 44.5 Å². The summed E-state index contributed by atoms with van der Waals surface area (Å²) in [6.07, 6.45) is 0.959. The van der Waals surface area contributed by atoms with Gasteiger partial charge in [-0.1, -0.05) is 36.8 Å². The van der Waals surface area contributed by atoms with Gasteiger partial charge in [0.15, 0.2) is 0 Å². The molecule has 0 radical (unpaired) electrons. The van der Waals surface area contributed by atoms with Crippen LogP contribution in [0.25, 0.3) is 0 Å². The Balaban J connectivity index is 2.13. The average Bonchev–Trinajstić information content (AvgIpc) is 2.78. The Morgan fingerprint density at radius 1 is 1.06 bits per heavy atom. The number of likely N-dealkylation sites (N-methyl/N-ethyl adjacent to an activating group) is 1. The van der Waals surface area contributed by atoms with Gasteiger partial charge in [0.1, 0.15) is 11.5 Å². The van der Waals surface area contributed by atoms with E-state index in [1.807, 2.05) is 13.0 Å². The van der Waals surface area contributed by atoms with E-state index in [-0.39, 0.29) is 6.04 Å². The zero-order chi connectivity index (χ0) is 13.0. The van der Waals surface area contributed by atoms with Crippen LogP contribution in [0.1, 0.15) is 35.6 Å². The van der Waals surface area contributed by atoms with Crippen LogP contribution in [0.15, 0.2) is 40.8 Å². The quantitative estimate of drug-likeness (QED) is 0.864. The fourth-order valence-electron chi connectivity index (χ4n) is 2.12. The molecule has 0 aliphatic heterocycles. The lowest BCUT2D eigenvalue weighted by atomic mass is 10.0. The minimum Gasteiger partial charge on any atom is -0.465 e. The second-order valence-corrected chi connectivity index (χ2v) is 4.75. The predicted octanol–water partition coefficient (Wildman–Crippen LogP) is 3.79. The molecule has 1 atom stereocenters. The number of hydrogen-bond donors (Lipinski definition) is 1. The van der Waals surface area contributed by atoms with Crippen LogP contribution in [-0.2, 0) is 6.42 Å². The van der Waals surface area contributed by atoms with Gasteiger partial charge in [-0.25, -0.2) is 0 Å². The Morgan fingerprint density at radius 2 is 1.78 bits per heavy atom. The fraction of sp³-hybridized carbons (Fsp3) is 0.375. The van der Waals surface area contributed by atoms with Crippen molar-refractivity contribution in [1.82, 2.24) is 5.32 Å². The summed E-state index contributed by atoms with van der Waals surface area (Å²) < 4.78 is 5.73. The topological polar surface area (TPSA) is 25.2 Å². The molecule has 96 valence electrons. The molecule has 0 saturated heterocycles. The molecular weight excluding hydrogens is 222 g/mol. The summed E-state index contributed by atoms with van der Waals surface area (Å²) in [4.78, 5) is 0. The first-order chi connectivity index (χ1) is 8.69. The van der Waals surface area contributed by atoms with E-state index in [4.69, 9.17) is 4.42 Å². The van der Waals surface area contributed by atoms with Crippen molar-refractivity contribution in [3.8, 4) is 0 Å². The number of nitrogens with one attached hydrogen (secondary N) is 1.